The fourth-order valence-corrected chi connectivity index (χ4v) is 9.32. The van der Waals surface area contributed by atoms with Gasteiger partial charge in [0.2, 0.25) is 10.0 Å². The van der Waals surface area contributed by atoms with Gasteiger partial charge in [0, 0.05) is 37.5 Å². The predicted octanol–water partition coefficient (Wildman–Crippen LogP) is 4.27. The first kappa shape index (κ1) is 37.4. The number of carbonyl (C=O) groups excluding carboxylic acids is 1. The fourth-order valence-electron chi connectivity index (χ4n) is 6.55. The summed E-state index contributed by atoms with van der Waals surface area (Å²) in [6.45, 7) is 8.77. The van der Waals surface area contributed by atoms with Crippen molar-refractivity contribution in [3.05, 3.63) is 48.0 Å². The SMILES string of the molecule is CN[C@H]1CO[C@@H]2OCC[C@H](OC(=O)C[C@@H](Cc3cccc(OC)c3)[C@H](O)CN(CC(C)C)S(=O)(=O)c3ccc4nc(NC(C)C)sc4c3)[C@@H]21. The van der Waals surface area contributed by atoms with Gasteiger partial charge in [-0.1, -0.05) is 37.3 Å². The maximum Gasteiger partial charge on any atom is 0.306 e. The largest absolute Gasteiger partial charge is 0.497 e. The number of aromatic nitrogens is 1. The van der Waals surface area contributed by atoms with Crippen LogP contribution in [-0.4, -0.2) is 99.8 Å². The van der Waals surface area contributed by atoms with Gasteiger partial charge in [-0.2, -0.15) is 4.31 Å². The van der Waals surface area contributed by atoms with Crippen LogP contribution >= 0.6 is 11.3 Å². The number of thiazole rings is 1. The zero-order valence-electron chi connectivity index (χ0n) is 29.1. The lowest BCUT2D eigenvalue weighted by molar-refractivity contribution is -0.196. The lowest BCUT2D eigenvalue weighted by atomic mass is 9.89. The molecule has 6 atom stereocenters. The van der Waals surface area contributed by atoms with E-state index in [9.17, 15) is 18.3 Å². The zero-order chi connectivity index (χ0) is 35.3. The molecule has 49 heavy (non-hydrogen) atoms. The molecular weight excluding hydrogens is 669 g/mol. The first-order chi connectivity index (χ1) is 23.4. The molecule has 0 aliphatic carbocycles. The highest BCUT2D eigenvalue weighted by molar-refractivity contribution is 7.89. The number of benzene rings is 2. The highest BCUT2D eigenvalue weighted by Crippen LogP contribution is 2.34. The highest BCUT2D eigenvalue weighted by atomic mass is 32.2. The quantitative estimate of drug-likeness (QED) is 0.182. The van der Waals surface area contributed by atoms with Crippen molar-refractivity contribution in [3.8, 4) is 5.75 Å². The molecule has 3 aromatic rings. The number of hydrogen-bond acceptors (Lipinski definition) is 12. The number of nitrogens with zero attached hydrogens (tertiary/aromatic N) is 2. The second kappa shape index (κ2) is 16.4. The van der Waals surface area contributed by atoms with Gasteiger partial charge in [0.1, 0.15) is 11.9 Å². The Balaban J connectivity index is 1.38. The van der Waals surface area contributed by atoms with Crippen LogP contribution in [0.15, 0.2) is 47.4 Å². The number of methoxy groups -OCH3 is 1. The van der Waals surface area contributed by atoms with Crippen molar-refractivity contribution < 1.29 is 37.3 Å². The average Bonchev–Trinajstić information content (AvgIpc) is 3.67. The van der Waals surface area contributed by atoms with Gasteiger partial charge >= 0.3 is 5.97 Å². The van der Waals surface area contributed by atoms with Gasteiger partial charge in [-0.3, -0.25) is 4.79 Å². The second-order valence-corrected chi connectivity index (χ2v) is 16.6. The van der Waals surface area contributed by atoms with Crippen molar-refractivity contribution in [2.75, 3.05) is 45.8 Å². The topological polar surface area (TPSA) is 149 Å². The van der Waals surface area contributed by atoms with Crippen molar-refractivity contribution in [3.63, 3.8) is 0 Å². The van der Waals surface area contributed by atoms with Gasteiger partial charge in [0.25, 0.3) is 0 Å². The summed E-state index contributed by atoms with van der Waals surface area (Å²) in [7, 11) is -0.599. The van der Waals surface area contributed by atoms with E-state index in [1.165, 1.54) is 15.6 Å². The second-order valence-electron chi connectivity index (χ2n) is 13.6. The van der Waals surface area contributed by atoms with E-state index < -0.39 is 40.4 Å². The number of esters is 1. The Hall–Kier alpha value is -2.85. The standard InChI is InChI=1S/C35H50N4O8S2/c1-21(2)18-39(49(42,43)26-10-11-27-31(17-26)48-35(38-27)37-22(3)4)19-29(40)24(14-23-8-7-9-25(15-23)44-6)16-32(41)47-30-12-13-45-34-33(30)28(36-5)20-46-34/h7-11,15,17,21-22,24,28-30,33-34,36,40H,12-14,16,18-20H2,1-6H3,(H,37,38)/t24-,28+,29-,30+,33+,34+/m1/s1. The van der Waals surface area contributed by atoms with Crippen molar-refractivity contribution >= 4 is 42.7 Å². The zero-order valence-corrected chi connectivity index (χ0v) is 30.8. The van der Waals surface area contributed by atoms with Gasteiger partial charge in [-0.15, -0.1) is 0 Å². The van der Waals surface area contributed by atoms with Crippen LogP contribution in [0.5, 0.6) is 5.75 Å². The van der Waals surface area contributed by atoms with Crippen molar-refractivity contribution in [2.45, 2.75) is 82.4 Å². The Morgan fingerprint density at radius 1 is 1.14 bits per heavy atom. The van der Waals surface area contributed by atoms with Gasteiger partial charge in [-0.25, -0.2) is 13.4 Å². The summed E-state index contributed by atoms with van der Waals surface area (Å²) in [5, 5.41) is 19.1. The Kier molecular flexibility index (Phi) is 12.6. The Labute approximate surface area is 293 Å². The summed E-state index contributed by atoms with van der Waals surface area (Å²) in [4.78, 5) is 18.3. The molecule has 0 amide bonds. The number of nitrogens with one attached hydrogen (secondary N) is 2. The summed E-state index contributed by atoms with van der Waals surface area (Å²) in [6.07, 6.45) is -1.29. The normalized spacial score (nSPS) is 22.4. The van der Waals surface area contributed by atoms with Crippen molar-refractivity contribution in [1.82, 2.24) is 14.6 Å². The Morgan fingerprint density at radius 2 is 1.94 bits per heavy atom. The Bertz CT molecular complexity index is 1660. The van der Waals surface area contributed by atoms with Gasteiger partial charge in [0.15, 0.2) is 11.4 Å². The van der Waals surface area contributed by atoms with E-state index in [4.69, 9.17) is 18.9 Å². The van der Waals surface area contributed by atoms with Crippen LogP contribution in [0.1, 0.15) is 46.1 Å². The van der Waals surface area contributed by atoms with E-state index in [-0.39, 0.29) is 48.3 Å². The van der Waals surface area contributed by atoms with E-state index in [1.54, 1.807) is 25.3 Å². The molecule has 2 fully saturated rings. The van der Waals surface area contributed by atoms with Gasteiger partial charge in [0.05, 0.1) is 53.9 Å². The molecule has 12 nitrogen and oxygen atoms in total. The molecule has 5 rings (SSSR count). The van der Waals surface area contributed by atoms with Gasteiger partial charge in [-0.05, 0) is 69.1 Å². The monoisotopic (exact) mass is 718 g/mol. The molecule has 3 heterocycles. The third kappa shape index (κ3) is 9.29. The molecule has 14 heteroatoms. The fraction of sp³-hybridized carbons (Fsp3) is 0.600. The molecule has 2 saturated heterocycles. The first-order valence-electron chi connectivity index (χ1n) is 17.0. The number of aliphatic hydroxyl groups excluding tert-OH is 1. The smallest absolute Gasteiger partial charge is 0.306 e. The van der Waals surface area contributed by atoms with Crippen LogP contribution in [0, 0.1) is 17.8 Å². The summed E-state index contributed by atoms with van der Waals surface area (Å²) in [5.41, 5.74) is 1.56. The molecule has 0 saturated carbocycles. The number of fused-ring (bicyclic) bond motifs is 2. The van der Waals surface area contributed by atoms with Crippen LogP contribution in [-0.2, 0) is 35.4 Å². The molecule has 1 aromatic heterocycles. The minimum atomic E-state index is -4.02. The van der Waals surface area contributed by atoms with Crippen molar-refractivity contribution in [1.29, 1.82) is 0 Å². The van der Waals surface area contributed by atoms with E-state index in [1.807, 2.05) is 59.0 Å². The summed E-state index contributed by atoms with van der Waals surface area (Å²) in [6, 6.07) is 12.5. The third-order valence-electron chi connectivity index (χ3n) is 8.96. The number of ether oxygens (including phenoxy) is 4. The third-order valence-corrected chi connectivity index (χ3v) is 11.7. The molecule has 270 valence electrons. The lowest BCUT2D eigenvalue weighted by Crippen LogP contribution is -2.48. The maximum absolute atomic E-state index is 14.2. The number of anilines is 1. The van der Waals surface area contributed by atoms with Crippen LogP contribution in [0.25, 0.3) is 10.2 Å². The summed E-state index contributed by atoms with van der Waals surface area (Å²) >= 11 is 1.40. The van der Waals surface area contributed by atoms with Crippen molar-refractivity contribution in [2.24, 2.45) is 17.8 Å². The van der Waals surface area contributed by atoms with E-state index in [0.717, 1.165) is 15.4 Å². The molecule has 0 unspecified atom stereocenters. The molecule has 3 N–H and O–H groups in total. The highest BCUT2D eigenvalue weighted by Gasteiger charge is 2.47. The molecular formula is C35H50N4O8S2. The molecule has 2 aliphatic rings. The van der Waals surface area contributed by atoms with Crippen LogP contribution in [0.2, 0.25) is 0 Å². The minimum absolute atomic E-state index is 0.0155. The summed E-state index contributed by atoms with van der Waals surface area (Å²) in [5.74, 6) is -0.625. The summed E-state index contributed by atoms with van der Waals surface area (Å²) < 4.78 is 53.5. The average molecular weight is 719 g/mol. The number of rotatable bonds is 16. The number of hydrogen-bond donors (Lipinski definition) is 3. The minimum Gasteiger partial charge on any atom is -0.497 e. The predicted molar refractivity (Wildman–Crippen MR) is 189 cm³/mol. The number of carbonyl (C=O) groups is 1. The van der Waals surface area contributed by atoms with E-state index in [0.29, 0.717) is 37.3 Å². The molecule has 0 radical (unpaired) electrons. The Morgan fingerprint density at radius 3 is 2.65 bits per heavy atom. The maximum atomic E-state index is 14.2. The first-order valence-corrected chi connectivity index (χ1v) is 19.2. The van der Waals surface area contributed by atoms with Crippen LogP contribution in [0.4, 0.5) is 5.13 Å². The molecule has 2 aliphatic heterocycles. The number of aliphatic hydroxyl groups is 1. The number of sulfonamides is 1. The van der Waals surface area contributed by atoms with Crippen LogP contribution in [0.3, 0.4) is 0 Å². The van der Waals surface area contributed by atoms with E-state index in [2.05, 4.69) is 15.6 Å². The van der Waals surface area contributed by atoms with E-state index >= 15 is 0 Å². The van der Waals surface area contributed by atoms with Crippen LogP contribution < -0.4 is 15.4 Å². The molecule has 0 spiro atoms. The lowest BCUT2D eigenvalue weighted by Gasteiger charge is -2.35. The molecule has 0 bridgehead atoms. The van der Waals surface area contributed by atoms with Gasteiger partial charge < -0.3 is 34.7 Å². The molecule has 2 aromatic carbocycles. The number of likely N-dealkylation sites (N-methyl/N-ethyl adjacent to an activating group) is 1.